The number of aromatic nitrogens is 1. The molecule has 0 aliphatic heterocycles. The quantitative estimate of drug-likeness (QED) is 0.163. The Morgan fingerprint density at radius 3 is 1.40 bits per heavy atom. The van der Waals surface area contributed by atoms with Crippen molar-refractivity contribution in [3.63, 3.8) is 0 Å². The van der Waals surface area contributed by atoms with Crippen molar-refractivity contribution < 1.29 is 4.42 Å². The highest BCUT2D eigenvalue weighted by Gasteiger charge is 2.17. The van der Waals surface area contributed by atoms with E-state index in [4.69, 9.17) is 4.42 Å². The van der Waals surface area contributed by atoms with Gasteiger partial charge in [-0.05, 0) is 106 Å². The maximum atomic E-state index is 6.24. The largest absolute Gasteiger partial charge is 0.456 e. The Kier molecular flexibility index (Phi) is 7.82. The molecule has 3 nitrogen and oxygen atoms in total. The summed E-state index contributed by atoms with van der Waals surface area (Å²) in [6.07, 6.45) is 0. The molecular weight excluding hydrogens is 693 g/mol. The Labute approximate surface area is 330 Å². The molecule has 11 rings (SSSR count). The number of benzene rings is 9. The van der Waals surface area contributed by atoms with Gasteiger partial charge in [-0.15, -0.1) is 0 Å². The van der Waals surface area contributed by atoms with Crippen LogP contribution in [0.25, 0.3) is 82.8 Å². The van der Waals surface area contributed by atoms with Gasteiger partial charge in [-0.3, -0.25) is 0 Å². The number of fused-ring (bicyclic) bond motifs is 6. The summed E-state index contributed by atoms with van der Waals surface area (Å²) in [5, 5.41) is 4.78. The van der Waals surface area contributed by atoms with E-state index in [2.05, 4.69) is 216 Å². The fraction of sp³-hybridized carbons (Fsp3) is 0. The van der Waals surface area contributed by atoms with Crippen LogP contribution >= 0.6 is 0 Å². The smallest absolute Gasteiger partial charge is 0.136 e. The number of hydrogen-bond acceptors (Lipinski definition) is 2. The first kappa shape index (κ1) is 32.8. The van der Waals surface area contributed by atoms with Crippen molar-refractivity contribution >= 4 is 60.8 Å². The van der Waals surface area contributed by atoms with E-state index >= 15 is 0 Å². The Morgan fingerprint density at radius 1 is 0.298 bits per heavy atom. The Morgan fingerprint density at radius 2 is 0.772 bits per heavy atom. The molecule has 0 fully saturated rings. The third kappa shape index (κ3) is 5.76. The van der Waals surface area contributed by atoms with Crippen molar-refractivity contribution in [3.8, 4) is 39.1 Å². The minimum Gasteiger partial charge on any atom is -0.456 e. The minimum atomic E-state index is 0.899. The average molecular weight is 729 g/mol. The predicted octanol–water partition coefficient (Wildman–Crippen LogP) is 15.2. The molecule has 0 bridgehead atoms. The van der Waals surface area contributed by atoms with E-state index in [-0.39, 0.29) is 0 Å². The van der Waals surface area contributed by atoms with Crippen LogP contribution in [-0.2, 0) is 0 Å². The Hall–Kier alpha value is -7.62. The SMILES string of the molecule is c1ccc(-c2ccc(-c3ccc(N(c4ccc(-c5ccc6c(c5)oc5ccccc56)cc4)c4cccc(-n5c6ccccc6c6ccccc65)c4)cc3)cc2)cc1. The van der Waals surface area contributed by atoms with Crippen molar-refractivity contribution in [2.75, 3.05) is 4.90 Å². The number of furan rings is 1. The van der Waals surface area contributed by atoms with Gasteiger partial charge in [-0.2, -0.15) is 0 Å². The molecule has 0 saturated carbocycles. The normalized spacial score (nSPS) is 11.5. The third-order valence-corrected chi connectivity index (χ3v) is 11.2. The van der Waals surface area contributed by atoms with Crippen LogP contribution in [0.15, 0.2) is 223 Å². The second-order valence-electron chi connectivity index (χ2n) is 14.6. The van der Waals surface area contributed by atoms with Crippen LogP contribution in [0.4, 0.5) is 17.1 Å². The molecule has 0 unspecified atom stereocenters. The van der Waals surface area contributed by atoms with Gasteiger partial charge in [0.05, 0.1) is 11.0 Å². The second-order valence-corrected chi connectivity index (χ2v) is 14.6. The first-order valence-electron chi connectivity index (χ1n) is 19.4. The zero-order chi connectivity index (χ0) is 37.7. The first-order valence-corrected chi connectivity index (χ1v) is 19.4. The van der Waals surface area contributed by atoms with Gasteiger partial charge in [0.1, 0.15) is 11.2 Å². The first-order chi connectivity index (χ1) is 28.2. The number of para-hydroxylation sites is 3. The van der Waals surface area contributed by atoms with Crippen LogP contribution in [-0.4, -0.2) is 4.57 Å². The lowest BCUT2D eigenvalue weighted by molar-refractivity contribution is 0.669. The highest BCUT2D eigenvalue weighted by Crippen LogP contribution is 2.40. The maximum absolute atomic E-state index is 6.24. The van der Waals surface area contributed by atoms with Crippen molar-refractivity contribution in [1.29, 1.82) is 0 Å². The van der Waals surface area contributed by atoms with Crippen LogP contribution in [0.3, 0.4) is 0 Å². The average Bonchev–Trinajstić information content (AvgIpc) is 3.83. The standard InChI is InChI=1S/C54H36N2O/c1-2-11-37(12-3-1)38-21-23-39(24-22-38)40-25-30-43(31-26-40)55(44-32-27-41(28-33-44)42-29-34-50-49-17-6-9-20-53(49)57-54(50)35-42)45-13-10-14-46(36-45)56-51-18-7-4-15-47(51)48-16-5-8-19-52(48)56/h1-36H. The van der Waals surface area contributed by atoms with E-state index in [0.29, 0.717) is 0 Å². The highest BCUT2D eigenvalue weighted by molar-refractivity contribution is 6.09. The lowest BCUT2D eigenvalue weighted by Gasteiger charge is -2.26. The molecule has 57 heavy (non-hydrogen) atoms. The topological polar surface area (TPSA) is 21.3 Å². The van der Waals surface area contributed by atoms with Crippen molar-refractivity contribution in [3.05, 3.63) is 218 Å². The monoisotopic (exact) mass is 728 g/mol. The summed E-state index contributed by atoms with van der Waals surface area (Å²) in [7, 11) is 0. The Balaban J connectivity index is 0.997. The van der Waals surface area contributed by atoms with Gasteiger partial charge in [0.25, 0.3) is 0 Å². The van der Waals surface area contributed by atoms with Crippen molar-refractivity contribution in [2.45, 2.75) is 0 Å². The van der Waals surface area contributed by atoms with Gasteiger partial charge in [0, 0.05) is 44.3 Å². The minimum absolute atomic E-state index is 0.899. The van der Waals surface area contributed by atoms with Gasteiger partial charge in [0.15, 0.2) is 0 Å². The van der Waals surface area contributed by atoms with Crippen LogP contribution in [0, 0.1) is 0 Å². The summed E-state index contributed by atoms with van der Waals surface area (Å²) < 4.78 is 8.63. The molecule has 0 spiro atoms. The summed E-state index contributed by atoms with van der Waals surface area (Å²) in [6, 6.07) is 78.2. The zero-order valence-electron chi connectivity index (χ0n) is 31.1. The molecule has 3 heteroatoms. The van der Waals surface area contributed by atoms with E-state index in [0.717, 1.165) is 55.8 Å². The van der Waals surface area contributed by atoms with Crippen LogP contribution in [0.1, 0.15) is 0 Å². The molecule has 0 aliphatic carbocycles. The molecule has 268 valence electrons. The van der Waals surface area contributed by atoms with Gasteiger partial charge >= 0.3 is 0 Å². The fourth-order valence-electron chi connectivity index (χ4n) is 8.42. The number of rotatable bonds is 7. The van der Waals surface area contributed by atoms with Crippen molar-refractivity contribution in [1.82, 2.24) is 4.57 Å². The molecule has 2 aromatic heterocycles. The molecule has 0 radical (unpaired) electrons. The molecule has 0 aliphatic rings. The lowest BCUT2D eigenvalue weighted by atomic mass is 10.00. The predicted molar refractivity (Wildman–Crippen MR) is 239 cm³/mol. The van der Waals surface area contributed by atoms with Gasteiger partial charge in [0.2, 0.25) is 0 Å². The van der Waals surface area contributed by atoms with Crippen LogP contribution in [0.5, 0.6) is 0 Å². The summed E-state index contributed by atoms with van der Waals surface area (Å²) >= 11 is 0. The van der Waals surface area contributed by atoms with Gasteiger partial charge in [-0.25, -0.2) is 0 Å². The summed E-state index contributed by atoms with van der Waals surface area (Å²) in [5.41, 5.74) is 15.6. The van der Waals surface area contributed by atoms with E-state index in [1.807, 2.05) is 12.1 Å². The number of nitrogens with zero attached hydrogens (tertiary/aromatic N) is 2. The number of anilines is 3. The summed E-state index contributed by atoms with van der Waals surface area (Å²) in [6.45, 7) is 0. The summed E-state index contributed by atoms with van der Waals surface area (Å²) in [4.78, 5) is 2.35. The highest BCUT2D eigenvalue weighted by atomic mass is 16.3. The lowest BCUT2D eigenvalue weighted by Crippen LogP contribution is -2.10. The van der Waals surface area contributed by atoms with E-state index < -0.39 is 0 Å². The third-order valence-electron chi connectivity index (χ3n) is 11.2. The van der Waals surface area contributed by atoms with Gasteiger partial charge < -0.3 is 13.9 Å². The van der Waals surface area contributed by atoms with Crippen molar-refractivity contribution in [2.24, 2.45) is 0 Å². The molecule has 9 aromatic carbocycles. The molecule has 0 amide bonds. The molecule has 11 aromatic rings. The second kappa shape index (κ2) is 13.6. The molecular formula is C54H36N2O. The fourth-order valence-corrected chi connectivity index (χ4v) is 8.42. The Bertz CT molecular complexity index is 3160. The van der Waals surface area contributed by atoms with E-state index in [1.54, 1.807) is 0 Å². The van der Waals surface area contributed by atoms with E-state index in [1.165, 1.54) is 44.1 Å². The maximum Gasteiger partial charge on any atom is 0.136 e. The molecule has 0 atom stereocenters. The molecule has 0 N–H and O–H groups in total. The molecule has 2 heterocycles. The van der Waals surface area contributed by atoms with Crippen LogP contribution in [0.2, 0.25) is 0 Å². The zero-order valence-corrected chi connectivity index (χ0v) is 31.1. The van der Waals surface area contributed by atoms with Gasteiger partial charge in [-0.1, -0.05) is 146 Å². The van der Waals surface area contributed by atoms with E-state index in [9.17, 15) is 0 Å². The molecule has 0 saturated heterocycles. The summed E-state index contributed by atoms with van der Waals surface area (Å²) in [5.74, 6) is 0. The van der Waals surface area contributed by atoms with Crippen LogP contribution < -0.4 is 4.90 Å². The number of hydrogen-bond donors (Lipinski definition) is 0.